The summed E-state index contributed by atoms with van der Waals surface area (Å²) < 4.78 is 7.63. The molecule has 2 aromatic heterocycles. The van der Waals surface area contributed by atoms with E-state index in [2.05, 4.69) is 40.1 Å². The molecule has 0 amide bonds. The second kappa shape index (κ2) is 8.23. The molecule has 1 aromatic carbocycles. The summed E-state index contributed by atoms with van der Waals surface area (Å²) in [6.07, 6.45) is 7.00. The SMILES string of the molecule is CC(C)(C)OC(=O)[C@@H]1CC1c1ccc(-c2nn(C3CC3)cc2Sc2ccc(Cl)cn2)cc1. The molecule has 2 saturated carbocycles. The smallest absolute Gasteiger partial charge is 0.310 e. The summed E-state index contributed by atoms with van der Waals surface area (Å²) in [6.45, 7) is 5.73. The Morgan fingerprint density at radius 2 is 1.91 bits per heavy atom. The fourth-order valence-corrected chi connectivity index (χ4v) is 4.80. The Hall–Kier alpha value is -2.31. The molecule has 32 heavy (non-hydrogen) atoms. The second-order valence-electron chi connectivity index (χ2n) is 9.57. The summed E-state index contributed by atoms with van der Waals surface area (Å²) in [6, 6.07) is 12.7. The summed E-state index contributed by atoms with van der Waals surface area (Å²) in [7, 11) is 0. The van der Waals surface area contributed by atoms with Gasteiger partial charge in [0, 0.05) is 18.0 Å². The Morgan fingerprint density at radius 1 is 1.16 bits per heavy atom. The fourth-order valence-electron chi connectivity index (χ4n) is 3.80. The van der Waals surface area contributed by atoms with Gasteiger partial charge in [0.15, 0.2) is 0 Å². The fraction of sp³-hybridized carbons (Fsp3) is 0.400. The van der Waals surface area contributed by atoms with E-state index in [9.17, 15) is 4.79 Å². The Morgan fingerprint density at radius 3 is 2.53 bits per heavy atom. The highest BCUT2D eigenvalue weighted by molar-refractivity contribution is 7.99. The molecule has 2 atom stereocenters. The van der Waals surface area contributed by atoms with Crippen molar-refractivity contribution < 1.29 is 9.53 Å². The highest BCUT2D eigenvalue weighted by atomic mass is 35.5. The van der Waals surface area contributed by atoms with E-state index in [4.69, 9.17) is 21.4 Å². The lowest BCUT2D eigenvalue weighted by Gasteiger charge is -2.19. The summed E-state index contributed by atoms with van der Waals surface area (Å²) >= 11 is 7.59. The first-order chi connectivity index (χ1) is 15.3. The van der Waals surface area contributed by atoms with Crippen molar-refractivity contribution in [2.45, 2.75) is 67.5 Å². The lowest BCUT2D eigenvalue weighted by atomic mass is 10.0. The normalized spacial score (nSPS) is 20.2. The molecule has 5 nitrogen and oxygen atoms in total. The zero-order valence-corrected chi connectivity index (χ0v) is 20.0. The number of hydrogen-bond acceptors (Lipinski definition) is 5. The van der Waals surface area contributed by atoms with Crippen LogP contribution in [0.5, 0.6) is 0 Å². The molecule has 0 saturated heterocycles. The van der Waals surface area contributed by atoms with Gasteiger partial charge in [0.05, 0.1) is 21.9 Å². The molecule has 1 unspecified atom stereocenters. The zero-order valence-electron chi connectivity index (χ0n) is 18.4. The number of pyridine rings is 1. The number of halogens is 1. The largest absolute Gasteiger partial charge is 0.460 e. The molecule has 166 valence electrons. The van der Waals surface area contributed by atoms with Crippen LogP contribution >= 0.6 is 23.4 Å². The van der Waals surface area contributed by atoms with Crippen LogP contribution in [0.2, 0.25) is 5.02 Å². The summed E-state index contributed by atoms with van der Waals surface area (Å²) in [5.74, 6) is 0.121. The number of ether oxygens (including phenoxy) is 1. The van der Waals surface area contributed by atoms with E-state index >= 15 is 0 Å². The molecule has 7 heteroatoms. The van der Waals surface area contributed by atoms with Gasteiger partial charge in [-0.3, -0.25) is 9.48 Å². The minimum absolute atomic E-state index is 0.0313. The van der Waals surface area contributed by atoms with Crippen molar-refractivity contribution >= 4 is 29.3 Å². The molecule has 0 bridgehead atoms. The molecule has 2 aliphatic carbocycles. The van der Waals surface area contributed by atoms with Crippen molar-refractivity contribution in [3.63, 3.8) is 0 Å². The van der Waals surface area contributed by atoms with Crippen LogP contribution < -0.4 is 0 Å². The summed E-state index contributed by atoms with van der Waals surface area (Å²) in [4.78, 5) is 17.9. The first-order valence-corrected chi connectivity index (χ1v) is 12.2. The number of esters is 1. The van der Waals surface area contributed by atoms with Crippen molar-refractivity contribution in [1.29, 1.82) is 0 Å². The van der Waals surface area contributed by atoms with Crippen LogP contribution in [0.3, 0.4) is 0 Å². The highest BCUT2D eigenvalue weighted by Crippen LogP contribution is 2.49. The minimum Gasteiger partial charge on any atom is -0.460 e. The van der Waals surface area contributed by atoms with Crippen LogP contribution in [-0.2, 0) is 9.53 Å². The zero-order chi connectivity index (χ0) is 22.5. The number of benzene rings is 1. The monoisotopic (exact) mass is 467 g/mol. The highest BCUT2D eigenvalue weighted by Gasteiger charge is 2.46. The summed E-state index contributed by atoms with van der Waals surface area (Å²) in [5.41, 5.74) is 2.77. The van der Waals surface area contributed by atoms with Gasteiger partial charge >= 0.3 is 5.97 Å². The van der Waals surface area contributed by atoms with Crippen molar-refractivity contribution in [3.8, 4) is 11.3 Å². The van der Waals surface area contributed by atoms with Gasteiger partial charge in [0.2, 0.25) is 0 Å². The average Bonchev–Trinajstić information content (AvgIpc) is 3.66. The quantitative estimate of drug-likeness (QED) is 0.386. The molecule has 2 aliphatic rings. The third kappa shape index (κ3) is 4.86. The number of rotatable bonds is 6. The van der Waals surface area contributed by atoms with E-state index in [1.807, 2.05) is 32.9 Å². The van der Waals surface area contributed by atoms with Crippen LogP contribution in [0.4, 0.5) is 0 Å². The molecule has 0 spiro atoms. The van der Waals surface area contributed by atoms with Gasteiger partial charge in [-0.25, -0.2) is 4.98 Å². The topological polar surface area (TPSA) is 57.0 Å². The molecule has 5 rings (SSSR count). The van der Waals surface area contributed by atoms with Crippen molar-refractivity contribution in [2.75, 3.05) is 0 Å². The lowest BCUT2D eigenvalue weighted by molar-refractivity contribution is -0.156. The van der Waals surface area contributed by atoms with E-state index in [-0.39, 0.29) is 17.8 Å². The van der Waals surface area contributed by atoms with Gasteiger partial charge in [-0.1, -0.05) is 47.6 Å². The molecule has 0 aliphatic heterocycles. The van der Waals surface area contributed by atoms with Crippen molar-refractivity contribution in [3.05, 3.63) is 59.4 Å². The Bertz CT molecular complexity index is 1130. The van der Waals surface area contributed by atoms with Crippen LogP contribution in [-0.4, -0.2) is 26.3 Å². The molecule has 3 aromatic rings. The Labute approximate surface area is 197 Å². The molecule has 0 N–H and O–H groups in total. The number of carbonyl (C=O) groups is 1. The molecule has 0 radical (unpaired) electrons. The standard InChI is InChI=1S/C25H26ClN3O2S/c1-25(2,3)31-24(30)20-12-19(20)15-4-6-16(7-5-15)23-21(14-29(28-23)18-9-10-18)32-22-11-8-17(26)13-27-22/h4-8,11,13-14,18-20H,9-10,12H2,1-3H3/t19?,20-/m1/s1. The Balaban J connectivity index is 1.35. The maximum absolute atomic E-state index is 12.4. The lowest BCUT2D eigenvalue weighted by Crippen LogP contribution is -2.25. The molecule has 2 fully saturated rings. The summed E-state index contributed by atoms with van der Waals surface area (Å²) in [5, 5.41) is 6.42. The average molecular weight is 468 g/mol. The van der Waals surface area contributed by atoms with Crippen LogP contribution in [0.15, 0.2) is 58.7 Å². The number of aromatic nitrogens is 3. The van der Waals surface area contributed by atoms with E-state index in [1.165, 1.54) is 18.4 Å². The second-order valence-corrected chi connectivity index (χ2v) is 11.1. The number of carbonyl (C=O) groups excluding carboxylic acids is 1. The van der Waals surface area contributed by atoms with Gasteiger partial charge in [0.25, 0.3) is 0 Å². The third-order valence-corrected chi connectivity index (χ3v) is 6.84. The van der Waals surface area contributed by atoms with E-state index < -0.39 is 5.60 Å². The van der Waals surface area contributed by atoms with Gasteiger partial charge in [-0.2, -0.15) is 5.10 Å². The van der Waals surface area contributed by atoms with Gasteiger partial charge in [-0.15, -0.1) is 0 Å². The van der Waals surface area contributed by atoms with Gasteiger partial charge in [-0.05, 0) is 63.6 Å². The van der Waals surface area contributed by atoms with E-state index in [0.29, 0.717) is 11.1 Å². The maximum Gasteiger partial charge on any atom is 0.310 e. The number of nitrogens with zero attached hydrogens (tertiary/aromatic N) is 3. The first kappa shape index (κ1) is 21.5. The first-order valence-electron chi connectivity index (χ1n) is 11.0. The number of hydrogen-bond donors (Lipinski definition) is 0. The third-order valence-electron chi connectivity index (χ3n) is 5.65. The van der Waals surface area contributed by atoms with E-state index in [1.54, 1.807) is 18.0 Å². The van der Waals surface area contributed by atoms with Crippen molar-refractivity contribution in [2.24, 2.45) is 5.92 Å². The maximum atomic E-state index is 12.4. The predicted molar refractivity (Wildman–Crippen MR) is 126 cm³/mol. The van der Waals surface area contributed by atoms with Crippen LogP contribution in [0, 0.1) is 5.92 Å². The predicted octanol–water partition coefficient (Wildman–Crippen LogP) is 6.53. The van der Waals surface area contributed by atoms with Crippen LogP contribution in [0.1, 0.15) is 57.6 Å². The molecular weight excluding hydrogens is 442 g/mol. The van der Waals surface area contributed by atoms with Gasteiger partial charge in [0.1, 0.15) is 16.3 Å². The minimum atomic E-state index is -0.443. The van der Waals surface area contributed by atoms with Gasteiger partial charge < -0.3 is 4.74 Å². The van der Waals surface area contributed by atoms with Crippen LogP contribution in [0.25, 0.3) is 11.3 Å². The molecular formula is C25H26ClN3O2S. The van der Waals surface area contributed by atoms with Crippen molar-refractivity contribution in [1.82, 2.24) is 14.8 Å². The van der Waals surface area contributed by atoms with E-state index in [0.717, 1.165) is 27.6 Å². The molecule has 2 heterocycles. The Kier molecular flexibility index (Phi) is 5.54.